The van der Waals surface area contributed by atoms with E-state index in [2.05, 4.69) is 17.0 Å². The minimum Gasteiger partial charge on any atom is -0.335 e. The lowest BCUT2D eigenvalue weighted by molar-refractivity contribution is 0.0751. The molecule has 0 unspecified atom stereocenters. The molecule has 2 aliphatic heterocycles. The van der Waals surface area contributed by atoms with Gasteiger partial charge in [-0.05, 0) is 42.0 Å². The average molecular weight is 263 g/mol. The van der Waals surface area contributed by atoms with Crippen molar-refractivity contribution in [1.29, 1.82) is 0 Å². The van der Waals surface area contributed by atoms with Gasteiger partial charge in [0.15, 0.2) is 0 Å². The SMILES string of the molecule is O=C(c1ccc(-c2ccccc2)cc1)N1CC2CC1C2. The predicted molar refractivity (Wildman–Crippen MR) is 79.4 cm³/mol. The summed E-state index contributed by atoms with van der Waals surface area (Å²) in [6.07, 6.45) is 2.43. The van der Waals surface area contributed by atoms with Gasteiger partial charge in [-0.3, -0.25) is 4.79 Å². The van der Waals surface area contributed by atoms with Crippen LogP contribution in [-0.4, -0.2) is 23.4 Å². The van der Waals surface area contributed by atoms with Crippen molar-refractivity contribution in [3.63, 3.8) is 0 Å². The van der Waals surface area contributed by atoms with Crippen molar-refractivity contribution in [3.05, 3.63) is 60.2 Å². The molecule has 5 rings (SSSR count). The number of benzene rings is 2. The zero-order chi connectivity index (χ0) is 13.5. The third-order valence-corrected chi connectivity index (χ3v) is 4.61. The lowest BCUT2D eigenvalue weighted by atomic mass is 9.86. The molecule has 2 heterocycles. The minimum atomic E-state index is 0.203. The van der Waals surface area contributed by atoms with E-state index in [1.807, 2.05) is 42.5 Å². The van der Waals surface area contributed by atoms with E-state index in [0.29, 0.717) is 6.04 Å². The summed E-state index contributed by atoms with van der Waals surface area (Å²) in [6.45, 7) is 0.962. The Kier molecular flexibility index (Phi) is 2.62. The van der Waals surface area contributed by atoms with E-state index in [9.17, 15) is 4.79 Å². The van der Waals surface area contributed by atoms with E-state index >= 15 is 0 Å². The van der Waals surface area contributed by atoms with Crippen LogP contribution < -0.4 is 0 Å². The third kappa shape index (κ3) is 1.83. The van der Waals surface area contributed by atoms with Gasteiger partial charge in [-0.1, -0.05) is 42.5 Å². The summed E-state index contributed by atoms with van der Waals surface area (Å²) in [5.41, 5.74) is 3.17. The lowest BCUT2D eigenvalue weighted by Gasteiger charge is -2.25. The number of carbonyl (C=O) groups excluding carboxylic acids is 1. The quantitative estimate of drug-likeness (QED) is 0.811. The van der Waals surface area contributed by atoms with Crippen LogP contribution in [0.4, 0.5) is 0 Å². The van der Waals surface area contributed by atoms with Crippen LogP contribution in [0.3, 0.4) is 0 Å². The Morgan fingerprint density at radius 1 is 0.900 bits per heavy atom. The van der Waals surface area contributed by atoms with Gasteiger partial charge in [-0.15, -0.1) is 0 Å². The molecule has 0 radical (unpaired) electrons. The van der Waals surface area contributed by atoms with E-state index in [1.165, 1.54) is 18.4 Å². The maximum Gasteiger partial charge on any atom is 0.254 e. The highest BCUT2D eigenvalue weighted by molar-refractivity contribution is 5.95. The standard InChI is InChI=1S/C18H17NO/c20-18(19-12-13-10-17(19)11-13)16-8-6-15(7-9-16)14-4-2-1-3-5-14/h1-9,13,17H,10-12H2. The Hall–Kier alpha value is -2.09. The molecule has 0 aromatic heterocycles. The lowest BCUT2D eigenvalue weighted by Crippen LogP contribution is -2.34. The molecule has 1 amide bonds. The molecule has 100 valence electrons. The van der Waals surface area contributed by atoms with Crippen LogP contribution >= 0.6 is 0 Å². The summed E-state index contributed by atoms with van der Waals surface area (Å²) in [5.74, 6) is 0.974. The molecule has 2 saturated heterocycles. The first-order valence-corrected chi connectivity index (χ1v) is 7.28. The number of hydrogen-bond donors (Lipinski definition) is 0. The fourth-order valence-corrected chi connectivity index (χ4v) is 3.38. The molecule has 3 fully saturated rings. The van der Waals surface area contributed by atoms with Gasteiger partial charge in [-0.25, -0.2) is 0 Å². The van der Waals surface area contributed by atoms with Crippen LogP contribution in [0.15, 0.2) is 54.6 Å². The molecule has 2 aromatic carbocycles. The highest BCUT2D eigenvalue weighted by Gasteiger charge is 2.44. The fraction of sp³-hybridized carbons (Fsp3) is 0.278. The van der Waals surface area contributed by atoms with Crippen LogP contribution in [-0.2, 0) is 0 Å². The first-order chi connectivity index (χ1) is 9.81. The number of carbonyl (C=O) groups is 1. The van der Waals surface area contributed by atoms with Crippen molar-refractivity contribution in [2.24, 2.45) is 5.92 Å². The molecular weight excluding hydrogens is 246 g/mol. The summed E-state index contributed by atoms with van der Waals surface area (Å²) in [5, 5.41) is 0. The van der Waals surface area contributed by atoms with E-state index in [-0.39, 0.29) is 5.91 Å². The van der Waals surface area contributed by atoms with E-state index < -0.39 is 0 Å². The largest absolute Gasteiger partial charge is 0.335 e. The monoisotopic (exact) mass is 263 g/mol. The molecule has 1 saturated carbocycles. The van der Waals surface area contributed by atoms with Crippen molar-refractivity contribution in [3.8, 4) is 11.1 Å². The molecule has 0 N–H and O–H groups in total. The summed E-state index contributed by atoms with van der Waals surface area (Å²) in [4.78, 5) is 14.5. The first-order valence-electron chi connectivity index (χ1n) is 7.28. The second-order valence-corrected chi connectivity index (χ2v) is 5.89. The maximum absolute atomic E-state index is 12.5. The summed E-state index contributed by atoms with van der Waals surface area (Å²) in [6, 6.07) is 18.8. The Bertz CT molecular complexity index is 626. The van der Waals surface area contributed by atoms with Gasteiger partial charge in [0.1, 0.15) is 0 Å². The van der Waals surface area contributed by atoms with Crippen LogP contribution in [0, 0.1) is 5.92 Å². The number of hydrogen-bond acceptors (Lipinski definition) is 1. The number of amides is 1. The zero-order valence-corrected chi connectivity index (χ0v) is 11.3. The summed E-state index contributed by atoms with van der Waals surface area (Å²) < 4.78 is 0. The smallest absolute Gasteiger partial charge is 0.254 e. The number of rotatable bonds is 2. The van der Waals surface area contributed by atoms with E-state index in [4.69, 9.17) is 0 Å². The summed E-state index contributed by atoms with van der Waals surface area (Å²) >= 11 is 0. The normalized spacial score (nSPS) is 23.5. The number of nitrogens with zero attached hydrogens (tertiary/aromatic N) is 1. The Morgan fingerprint density at radius 2 is 1.55 bits per heavy atom. The molecule has 2 aromatic rings. The molecule has 0 spiro atoms. The minimum absolute atomic E-state index is 0.203. The number of fused-ring (bicyclic) bond motifs is 1. The fourth-order valence-electron chi connectivity index (χ4n) is 3.38. The highest BCUT2D eigenvalue weighted by atomic mass is 16.2. The molecule has 0 atom stereocenters. The molecule has 2 heteroatoms. The Morgan fingerprint density at radius 3 is 2.15 bits per heavy atom. The van der Waals surface area contributed by atoms with Gasteiger partial charge in [-0.2, -0.15) is 0 Å². The first kappa shape index (κ1) is 11.7. The Balaban J connectivity index is 1.57. The van der Waals surface area contributed by atoms with Crippen molar-refractivity contribution in [2.45, 2.75) is 18.9 Å². The van der Waals surface area contributed by atoms with Gasteiger partial charge >= 0.3 is 0 Å². The second kappa shape index (κ2) is 4.48. The van der Waals surface area contributed by atoms with Crippen LogP contribution in [0.2, 0.25) is 0 Å². The van der Waals surface area contributed by atoms with E-state index in [1.54, 1.807) is 0 Å². The molecule has 2 nitrogen and oxygen atoms in total. The average Bonchev–Trinajstić information content (AvgIpc) is 3.08. The summed E-state index contributed by atoms with van der Waals surface area (Å²) in [7, 11) is 0. The zero-order valence-electron chi connectivity index (χ0n) is 11.3. The van der Waals surface area contributed by atoms with Crippen LogP contribution in [0.1, 0.15) is 23.2 Å². The topological polar surface area (TPSA) is 20.3 Å². The molecule has 2 bridgehead atoms. The maximum atomic E-state index is 12.5. The van der Waals surface area contributed by atoms with Crippen molar-refractivity contribution < 1.29 is 4.79 Å². The molecular formula is C18H17NO. The van der Waals surface area contributed by atoms with E-state index in [0.717, 1.165) is 23.6 Å². The van der Waals surface area contributed by atoms with Gasteiger partial charge in [0.2, 0.25) is 0 Å². The Labute approximate surface area is 119 Å². The van der Waals surface area contributed by atoms with Gasteiger partial charge in [0, 0.05) is 18.2 Å². The van der Waals surface area contributed by atoms with Crippen molar-refractivity contribution >= 4 is 5.91 Å². The van der Waals surface area contributed by atoms with Crippen LogP contribution in [0.25, 0.3) is 11.1 Å². The van der Waals surface area contributed by atoms with Gasteiger partial charge in [0.25, 0.3) is 5.91 Å². The van der Waals surface area contributed by atoms with Crippen molar-refractivity contribution in [2.75, 3.05) is 6.54 Å². The van der Waals surface area contributed by atoms with Gasteiger partial charge < -0.3 is 4.90 Å². The second-order valence-electron chi connectivity index (χ2n) is 5.89. The van der Waals surface area contributed by atoms with Crippen molar-refractivity contribution in [1.82, 2.24) is 4.90 Å². The predicted octanol–water partition coefficient (Wildman–Crippen LogP) is 3.59. The molecule has 3 aliphatic rings. The van der Waals surface area contributed by atoms with Crippen LogP contribution in [0.5, 0.6) is 0 Å². The third-order valence-electron chi connectivity index (χ3n) is 4.61. The molecule has 1 aliphatic carbocycles. The van der Waals surface area contributed by atoms with Gasteiger partial charge in [0.05, 0.1) is 0 Å². The molecule has 20 heavy (non-hydrogen) atoms. The highest BCUT2D eigenvalue weighted by Crippen LogP contribution is 2.41.